The van der Waals surface area contributed by atoms with Gasteiger partial charge in [0, 0.05) is 12.7 Å². The standard InChI is InChI=1S/C6H8N2O2/c1-4-5(3-9)6(10)8(2)7-4/h3,7H,1-2H3. The molecule has 0 bridgehead atoms. The highest BCUT2D eigenvalue weighted by atomic mass is 16.1. The van der Waals surface area contributed by atoms with Crippen molar-refractivity contribution >= 4 is 6.29 Å². The number of carbonyl (C=O) groups is 1. The van der Waals surface area contributed by atoms with Crippen LogP contribution in [0.25, 0.3) is 0 Å². The van der Waals surface area contributed by atoms with Crippen molar-refractivity contribution in [3.63, 3.8) is 0 Å². The number of aldehydes is 1. The Morgan fingerprint density at radius 3 is 2.40 bits per heavy atom. The molecule has 0 aliphatic heterocycles. The zero-order valence-electron chi connectivity index (χ0n) is 5.84. The van der Waals surface area contributed by atoms with E-state index in [4.69, 9.17) is 0 Å². The second kappa shape index (κ2) is 2.13. The molecule has 0 aromatic carbocycles. The predicted octanol–water partition coefficient (Wildman–Crippen LogP) is -0.166. The molecule has 4 nitrogen and oxygen atoms in total. The largest absolute Gasteiger partial charge is 0.300 e. The van der Waals surface area contributed by atoms with Crippen LogP contribution in [0.5, 0.6) is 0 Å². The van der Waals surface area contributed by atoms with E-state index in [2.05, 4.69) is 5.10 Å². The number of aryl methyl sites for hydroxylation is 2. The topological polar surface area (TPSA) is 54.9 Å². The highest BCUT2D eigenvalue weighted by Crippen LogP contribution is 1.92. The number of aromatic amines is 1. The highest BCUT2D eigenvalue weighted by molar-refractivity contribution is 5.75. The minimum Gasteiger partial charge on any atom is -0.300 e. The van der Waals surface area contributed by atoms with Crippen LogP contribution in [0.4, 0.5) is 0 Å². The van der Waals surface area contributed by atoms with Crippen LogP contribution < -0.4 is 5.56 Å². The van der Waals surface area contributed by atoms with Crippen molar-refractivity contribution in [1.29, 1.82) is 0 Å². The fourth-order valence-electron chi connectivity index (χ4n) is 0.842. The molecule has 0 aliphatic rings. The van der Waals surface area contributed by atoms with E-state index in [1.54, 1.807) is 14.0 Å². The van der Waals surface area contributed by atoms with Crippen LogP contribution in [0.2, 0.25) is 0 Å². The van der Waals surface area contributed by atoms with Gasteiger partial charge >= 0.3 is 0 Å². The molecule has 0 atom stereocenters. The van der Waals surface area contributed by atoms with Gasteiger partial charge in [0.2, 0.25) is 0 Å². The van der Waals surface area contributed by atoms with Crippen LogP contribution in [0.15, 0.2) is 4.79 Å². The molecule has 54 valence electrons. The van der Waals surface area contributed by atoms with Crippen molar-refractivity contribution in [3.8, 4) is 0 Å². The first-order valence-electron chi connectivity index (χ1n) is 2.87. The monoisotopic (exact) mass is 140 g/mol. The summed E-state index contributed by atoms with van der Waals surface area (Å²) in [7, 11) is 1.57. The third kappa shape index (κ3) is 0.775. The molecule has 0 aliphatic carbocycles. The molecule has 0 spiro atoms. The first-order valence-corrected chi connectivity index (χ1v) is 2.87. The van der Waals surface area contributed by atoms with Gasteiger partial charge in [-0.15, -0.1) is 0 Å². The zero-order chi connectivity index (χ0) is 7.72. The van der Waals surface area contributed by atoms with Gasteiger partial charge in [0.25, 0.3) is 5.56 Å². The number of hydrogen-bond acceptors (Lipinski definition) is 2. The summed E-state index contributed by atoms with van der Waals surface area (Å²) >= 11 is 0. The van der Waals surface area contributed by atoms with E-state index in [1.807, 2.05) is 0 Å². The van der Waals surface area contributed by atoms with Crippen molar-refractivity contribution < 1.29 is 4.79 Å². The normalized spacial score (nSPS) is 9.80. The quantitative estimate of drug-likeness (QED) is 0.551. The second-order valence-electron chi connectivity index (χ2n) is 2.13. The lowest BCUT2D eigenvalue weighted by Gasteiger charge is -1.83. The molecule has 1 aromatic rings. The van der Waals surface area contributed by atoms with Gasteiger partial charge in [0.1, 0.15) is 5.56 Å². The van der Waals surface area contributed by atoms with Crippen molar-refractivity contribution in [2.24, 2.45) is 7.05 Å². The van der Waals surface area contributed by atoms with Crippen LogP contribution in [0, 0.1) is 6.92 Å². The molecule has 0 amide bonds. The van der Waals surface area contributed by atoms with Gasteiger partial charge < -0.3 is 0 Å². The van der Waals surface area contributed by atoms with Crippen LogP contribution in [-0.2, 0) is 7.05 Å². The number of aromatic nitrogens is 2. The minimum absolute atomic E-state index is 0.211. The van der Waals surface area contributed by atoms with Crippen molar-refractivity contribution in [2.45, 2.75) is 6.92 Å². The molecular weight excluding hydrogens is 132 g/mol. The lowest BCUT2D eigenvalue weighted by Crippen LogP contribution is -2.14. The number of H-pyrrole nitrogens is 1. The number of carbonyl (C=O) groups excluding carboxylic acids is 1. The van der Waals surface area contributed by atoms with Gasteiger partial charge in [-0.1, -0.05) is 0 Å². The molecule has 1 aromatic heterocycles. The fraction of sp³-hybridized carbons (Fsp3) is 0.333. The zero-order valence-corrected chi connectivity index (χ0v) is 5.84. The summed E-state index contributed by atoms with van der Waals surface area (Å²) in [6.45, 7) is 1.69. The average Bonchev–Trinajstić information content (AvgIpc) is 2.09. The predicted molar refractivity (Wildman–Crippen MR) is 36.2 cm³/mol. The Kier molecular flexibility index (Phi) is 1.45. The highest BCUT2D eigenvalue weighted by Gasteiger charge is 2.05. The van der Waals surface area contributed by atoms with Crippen LogP contribution in [0.3, 0.4) is 0 Å². The molecule has 0 unspecified atom stereocenters. The van der Waals surface area contributed by atoms with E-state index in [0.717, 1.165) is 0 Å². The van der Waals surface area contributed by atoms with Crippen molar-refractivity contribution in [3.05, 3.63) is 21.6 Å². The summed E-state index contributed by atoms with van der Waals surface area (Å²) in [6, 6.07) is 0. The molecular formula is C6H8N2O2. The molecule has 0 saturated heterocycles. The van der Waals surface area contributed by atoms with Gasteiger partial charge in [-0.05, 0) is 6.92 Å². The minimum atomic E-state index is -0.271. The Balaban J connectivity index is 3.48. The van der Waals surface area contributed by atoms with E-state index in [-0.39, 0.29) is 11.1 Å². The summed E-state index contributed by atoms with van der Waals surface area (Å²) in [5.41, 5.74) is 0.553. The molecule has 1 heterocycles. The van der Waals surface area contributed by atoms with Crippen LogP contribution in [-0.4, -0.2) is 16.1 Å². The summed E-state index contributed by atoms with van der Waals surface area (Å²) in [5.74, 6) is 0. The fourth-order valence-corrected chi connectivity index (χ4v) is 0.842. The van der Waals surface area contributed by atoms with E-state index >= 15 is 0 Å². The first-order chi connectivity index (χ1) is 4.66. The third-order valence-corrected chi connectivity index (χ3v) is 1.39. The van der Waals surface area contributed by atoms with E-state index in [9.17, 15) is 9.59 Å². The Morgan fingerprint density at radius 2 is 2.20 bits per heavy atom. The van der Waals surface area contributed by atoms with Crippen LogP contribution in [0.1, 0.15) is 16.1 Å². The summed E-state index contributed by atoms with van der Waals surface area (Å²) in [6.07, 6.45) is 0.564. The smallest absolute Gasteiger partial charge is 0.277 e. The van der Waals surface area contributed by atoms with Gasteiger partial charge in [-0.2, -0.15) is 0 Å². The van der Waals surface area contributed by atoms with E-state index < -0.39 is 0 Å². The maximum absolute atomic E-state index is 10.9. The Labute approximate surface area is 57.5 Å². The summed E-state index contributed by atoms with van der Waals surface area (Å²) < 4.78 is 1.28. The molecule has 1 N–H and O–H groups in total. The van der Waals surface area contributed by atoms with Gasteiger partial charge in [-0.3, -0.25) is 19.4 Å². The Bertz CT molecular complexity index is 308. The number of nitrogens with one attached hydrogen (secondary N) is 1. The second-order valence-corrected chi connectivity index (χ2v) is 2.13. The number of nitrogens with zero attached hydrogens (tertiary/aromatic N) is 1. The van der Waals surface area contributed by atoms with Crippen molar-refractivity contribution in [1.82, 2.24) is 9.78 Å². The third-order valence-electron chi connectivity index (χ3n) is 1.39. The van der Waals surface area contributed by atoms with Crippen molar-refractivity contribution in [2.75, 3.05) is 0 Å². The summed E-state index contributed by atoms with van der Waals surface area (Å²) in [5, 5.41) is 2.70. The molecule has 10 heavy (non-hydrogen) atoms. The lowest BCUT2D eigenvalue weighted by atomic mass is 10.3. The molecule has 0 fully saturated rings. The van der Waals surface area contributed by atoms with Gasteiger partial charge in [-0.25, -0.2) is 0 Å². The average molecular weight is 140 g/mol. The number of hydrogen-bond donors (Lipinski definition) is 1. The summed E-state index contributed by atoms with van der Waals surface area (Å²) in [4.78, 5) is 21.1. The van der Waals surface area contributed by atoms with E-state index in [0.29, 0.717) is 12.0 Å². The lowest BCUT2D eigenvalue weighted by molar-refractivity contribution is 0.112. The SMILES string of the molecule is Cc1[nH]n(C)c(=O)c1C=O. The molecule has 1 rings (SSSR count). The first kappa shape index (κ1) is 6.80. The van der Waals surface area contributed by atoms with E-state index in [1.165, 1.54) is 4.68 Å². The number of rotatable bonds is 1. The Hall–Kier alpha value is -1.32. The van der Waals surface area contributed by atoms with Gasteiger partial charge in [0.15, 0.2) is 6.29 Å². The molecule has 0 saturated carbocycles. The van der Waals surface area contributed by atoms with Crippen LogP contribution >= 0.6 is 0 Å². The maximum atomic E-state index is 10.9. The molecule has 0 radical (unpaired) electrons. The Morgan fingerprint density at radius 1 is 1.60 bits per heavy atom. The molecule has 4 heteroatoms. The maximum Gasteiger partial charge on any atom is 0.277 e. The van der Waals surface area contributed by atoms with Gasteiger partial charge in [0.05, 0.1) is 0 Å².